The summed E-state index contributed by atoms with van der Waals surface area (Å²) >= 11 is 0. The Labute approximate surface area is 186 Å². The fourth-order valence-electron chi connectivity index (χ4n) is 3.45. The van der Waals surface area contributed by atoms with E-state index in [9.17, 15) is 44.6 Å². The molecule has 0 amide bonds. The number of benzene rings is 2. The summed E-state index contributed by atoms with van der Waals surface area (Å²) in [7, 11) is -9.34. The van der Waals surface area contributed by atoms with Crippen molar-refractivity contribution in [2.24, 2.45) is 0 Å². The van der Waals surface area contributed by atoms with Gasteiger partial charge in [0.1, 0.15) is 21.6 Å². The maximum atomic E-state index is 14.3. The third-order valence-electron chi connectivity index (χ3n) is 5.24. The van der Waals surface area contributed by atoms with Crippen molar-refractivity contribution in [3.8, 4) is 0 Å². The van der Waals surface area contributed by atoms with Crippen LogP contribution in [0.25, 0.3) is 4.85 Å². The molecular weight excluding hydrogens is 492 g/mol. The average molecular weight is 508 g/mol. The van der Waals surface area contributed by atoms with Crippen LogP contribution in [0.1, 0.15) is 5.56 Å². The summed E-state index contributed by atoms with van der Waals surface area (Å²) in [4.78, 5) is 1.62. The molecule has 14 heteroatoms. The monoisotopic (exact) mass is 508 g/mol. The molecule has 2 aromatic carbocycles. The van der Waals surface area contributed by atoms with Crippen molar-refractivity contribution in [2.45, 2.75) is 26.8 Å². The Morgan fingerprint density at radius 1 is 1.12 bits per heavy atom. The van der Waals surface area contributed by atoms with Crippen LogP contribution in [0.5, 0.6) is 0 Å². The first-order valence-electron chi connectivity index (χ1n) is 9.08. The van der Waals surface area contributed by atoms with Gasteiger partial charge in [0.05, 0.1) is 23.6 Å². The molecule has 2 aromatic rings. The van der Waals surface area contributed by atoms with E-state index in [4.69, 9.17) is 6.57 Å². The molecule has 0 unspecified atom stereocenters. The van der Waals surface area contributed by atoms with Crippen molar-refractivity contribution in [3.63, 3.8) is 0 Å². The maximum absolute atomic E-state index is 14.3. The third-order valence-corrected chi connectivity index (χ3v) is 9.35. The Hall–Kier alpha value is -2.57. The number of β-amino-alcohol motifs (C(OH)–C–C–N with tert-alkyl or cyclic N) is 1. The fraction of sp³-hybridized carbons (Fsp3) is 0.316. The molecule has 0 aliphatic carbocycles. The van der Waals surface area contributed by atoms with Gasteiger partial charge in [0, 0.05) is 13.1 Å². The Bertz CT molecular complexity index is 1320. The highest BCUT2D eigenvalue weighted by atomic mass is 32.2. The molecule has 1 fully saturated rings. The molecule has 178 valence electrons. The molecule has 0 saturated carbocycles. The second-order valence-electron chi connectivity index (χ2n) is 7.34. The molecule has 1 aliphatic heterocycles. The SMILES string of the molecule is [C-]#[N+]c1ccc(S(=O)(=O)[C@H]2CN(S(=O)(=O)c3ccc(C(F)(F)F)cc3F)C[C@@]2(O)CO)cc1. The van der Waals surface area contributed by atoms with Crippen molar-refractivity contribution >= 4 is 25.5 Å². The van der Waals surface area contributed by atoms with Crippen LogP contribution in [0.4, 0.5) is 23.2 Å². The summed E-state index contributed by atoms with van der Waals surface area (Å²) in [5.41, 5.74) is -3.78. The molecular formula is C19H16F4N2O6S2. The minimum absolute atomic E-state index is 0.00563. The maximum Gasteiger partial charge on any atom is 0.416 e. The summed E-state index contributed by atoms with van der Waals surface area (Å²) in [6, 6.07) is 5.29. The number of aliphatic hydroxyl groups is 2. The van der Waals surface area contributed by atoms with Crippen molar-refractivity contribution in [1.82, 2.24) is 4.31 Å². The van der Waals surface area contributed by atoms with E-state index in [1.165, 1.54) is 12.1 Å². The van der Waals surface area contributed by atoms with Crippen molar-refractivity contribution in [2.75, 3.05) is 19.7 Å². The Morgan fingerprint density at radius 2 is 1.73 bits per heavy atom. The Kier molecular flexibility index (Phi) is 6.33. The quantitative estimate of drug-likeness (QED) is 0.471. The summed E-state index contributed by atoms with van der Waals surface area (Å²) in [6.07, 6.45) is -4.92. The predicted molar refractivity (Wildman–Crippen MR) is 106 cm³/mol. The number of sulfone groups is 1. The Morgan fingerprint density at radius 3 is 2.21 bits per heavy atom. The number of sulfonamides is 1. The second-order valence-corrected chi connectivity index (χ2v) is 11.4. The average Bonchev–Trinajstić information content (AvgIpc) is 3.12. The van der Waals surface area contributed by atoms with Crippen LogP contribution in [0.2, 0.25) is 0 Å². The zero-order valence-corrected chi connectivity index (χ0v) is 18.1. The van der Waals surface area contributed by atoms with E-state index >= 15 is 0 Å². The van der Waals surface area contributed by atoms with E-state index in [1.54, 1.807) is 0 Å². The molecule has 2 atom stereocenters. The molecule has 0 radical (unpaired) electrons. The molecule has 1 heterocycles. The van der Waals surface area contributed by atoms with Gasteiger partial charge in [0.2, 0.25) is 10.0 Å². The number of rotatable bonds is 5. The number of hydrogen-bond donors (Lipinski definition) is 2. The van der Waals surface area contributed by atoms with E-state index in [1.807, 2.05) is 0 Å². The van der Waals surface area contributed by atoms with E-state index in [2.05, 4.69) is 4.85 Å². The van der Waals surface area contributed by atoms with Crippen LogP contribution in [0.3, 0.4) is 0 Å². The first-order valence-corrected chi connectivity index (χ1v) is 12.1. The minimum Gasteiger partial charge on any atom is -0.393 e. The Balaban J connectivity index is 2.01. The lowest BCUT2D eigenvalue weighted by molar-refractivity contribution is -0.137. The van der Waals surface area contributed by atoms with Gasteiger partial charge in [-0.3, -0.25) is 0 Å². The van der Waals surface area contributed by atoms with Gasteiger partial charge in [-0.25, -0.2) is 26.1 Å². The van der Waals surface area contributed by atoms with Gasteiger partial charge >= 0.3 is 6.18 Å². The molecule has 1 saturated heterocycles. The summed E-state index contributed by atoms with van der Waals surface area (Å²) < 4.78 is 105. The number of aliphatic hydroxyl groups excluding tert-OH is 1. The predicted octanol–water partition coefficient (Wildman–Crippen LogP) is 1.97. The zero-order chi connectivity index (χ0) is 24.8. The van der Waals surface area contributed by atoms with Crippen LogP contribution in [-0.4, -0.2) is 61.9 Å². The topological polar surface area (TPSA) is 116 Å². The molecule has 0 aromatic heterocycles. The van der Waals surface area contributed by atoms with E-state index < -0.39 is 72.9 Å². The van der Waals surface area contributed by atoms with Crippen LogP contribution in [0, 0.1) is 12.4 Å². The minimum atomic E-state index is -4.92. The molecule has 8 nitrogen and oxygen atoms in total. The second kappa shape index (κ2) is 8.33. The zero-order valence-electron chi connectivity index (χ0n) is 16.5. The van der Waals surface area contributed by atoms with Crippen LogP contribution in [-0.2, 0) is 26.0 Å². The molecule has 1 aliphatic rings. The largest absolute Gasteiger partial charge is 0.416 e. The highest BCUT2D eigenvalue weighted by Crippen LogP contribution is 2.37. The molecule has 3 rings (SSSR count). The number of alkyl halides is 3. The van der Waals surface area contributed by atoms with Gasteiger partial charge in [-0.05, 0) is 18.2 Å². The van der Waals surface area contributed by atoms with Gasteiger partial charge in [-0.2, -0.15) is 17.5 Å². The van der Waals surface area contributed by atoms with E-state index in [0.29, 0.717) is 16.4 Å². The van der Waals surface area contributed by atoms with Gasteiger partial charge < -0.3 is 10.2 Å². The number of nitrogens with zero attached hydrogens (tertiary/aromatic N) is 2. The van der Waals surface area contributed by atoms with E-state index in [0.717, 1.165) is 12.1 Å². The van der Waals surface area contributed by atoms with Gasteiger partial charge in [0.15, 0.2) is 15.5 Å². The van der Waals surface area contributed by atoms with Crippen LogP contribution in [0.15, 0.2) is 52.3 Å². The summed E-state index contributed by atoms with van der Waals surface area (Å²) in [5.74, 6) is -1.71. The van der Waals surface area contributed by atoms with Crippen molar-refractivity contribution in [1.29, 1.82) is 0 Å². The summed E-state index contributed by atoms with van der Waals surface area (Å²) in [6.45, 7) is 3.90. The standard InChI is InChI=1S/C19H16F4N2O6S2/c1-24-13-3-5-14(6-4-13)32(28,29)17-9-25(10-18(17,27)11-26)33(30,31)16-7-2-12(8-15(16)20)19(21,22)23/h2-8,17,26-27H,9-11H2/t17-,18+/m0/s1. The molecule has 0 bridgehead atoms. The lowest BCUT2D eigenvalue weighted by atomic mass is 10.1. The third kappa shape index (κ3) is 4.46. The lowest BCUT2D eigenvalue weighted by Gasteiger charge is -2.26. The van der Waals surface area contributed by atoms with Crippen molar-refractivity contribution in [3.05, 3.63) is 65.3 Å². The van der Waals surface area contributed by atoms with Gasteiger partial charge in [-0.1, -0.05) is 24.3 Å². The first-order chi connectivity index (χ1) is 15.2. The van der Waals surface area contributed by atoms with E-state index in [-0.39, 0.29) is 16.6 Å². The van der Waals surface area contributed by atoms with Crippen molar-refractivity contribution < 1.29 is 44.6 Å². The van der Waals surface area contributed by atoms with Crippen LogP contribution < -0.4 is 0 Å². The smallest absolute Gasteiger partial charge is 0.393 e. The van der Waals surface area contributed by atoms with Crippen LogP contribution >= 0.6 is 0 Å². The molecule has 33 heavy (non-hydrogen) atoms. The molecule has 0 spiro atoms. The first kappa shape index (κ1) is 25.1. The fourth-order valence-corrected chi connectivity index (χ4v) is 7.05. The lowest BCUT2D eigenvalue weighted by Crippen LogP contribution is -2.49. The number of hydrogen-bond acceptors (Lipinski definition) is 6. The highest BCUT2D eigenvalue weighted by molar-refractivity contribution is 7.92. The highest BCUT2D eigenvalue weighted by Gasteiger charge is 2.55. The normalized spacial score (nSPS) is 22.3. The summed E-state index contributed by atoms with van der Waals surface area (Å²) in [5, 5.41) is 18.5. The van der Waals surface area contributed by atoms with Gasteiger partial charge in [0.25, 0.3) is 0 Å². The van der Waals surface area contributed by atoms with Gasteiger partial charge in [-0.15, -0.1) is 0 Å². The number of halogens is 4. The molecule has 2 N–H and O–H groups in total.